The predicted molar refractivity (Wildman–Crippen MR) is 80.0 cm³/mol. The van der Waals surface area contributed by atoms with Gasteiger partial charge in [-0.05, 0) is 19.9 Å². The molecule has 3 rings (SSSR count). The Morgan fingerprint density at radius 1 is 1.37 bits per heavy atom. The van der Waals surface area contributed by atoms with E-state index in [0.717, 1.165) is 29.0 Å². The number of aromatic nitrogens is 1. The highest BCUT2D eigenvalue weighted by Gasteiger charge is 2.49. The normalized spacial score (nSPS) is 34.8. The predicted octanol–water partition coefficient (Wildman–Crippen LogP) is 1.82. The Labute approximate surface area is 115 Å². The number of quaternary nitrogens is 1. The van der Waals surface area contributed by atoms with Crippen molar-refractivity contribution in [1.29, 1.82) is 0 Å². The number of hydrogen-bond donors (Lipinski definition) is 2. The molecule has 1 unspecified atom stereocenters. The summed E-state index contributed by atoms with van der Waals surface area (Å²) < 4.78 is 1.06. The number of rotatable bonds is 2. The van der Waals surface area contributed by atoms with Gasteiger partial charge in [-0.25, -0.2) is 0 Å². The summed E-state index contributed by atoms with van der Waals surface area (Å²) in [6.45, 7) is 7.90. The van der Waals surface area contributed by atoms with Crippen LogP contribution in [-0.4, -0.2) is 36.7 Å². The van der Waals surface area contributed by atoms with Gasteiger partial charge >= 0.3 is 0 Å². The molecule has 2 aliphatic rings. The molecule has 1 aromatic heterocycles. The van der Waals surface area contributed by atoms with Gasteiger partial charge in [0.25, 0.3) is 0 Å². The summed E-state index contributed by atoms with van der Waals surface area (Å²) in [4.78, 5) is 4.84. The first-order valence-corrected chi connectivity index (χ1v) is 7.46. The Hall–Kier alpha value is -1.13. The summed E-state index contributed by atoms with van der Waals surface area (Å²) in [5.41, 5.74) is 7.71. The van der Waals surface area contributed by atoms with Crippen LogP contribution in [0.15, 0.2) is 12.1 Å². The third-order valence-electron chi connectivity index (χ3n) is 5.16. The first kappa shape index (κ1) is 12.9. The first-order chi connectivity index (χ1) is 9.14. The zero-order chi connectivity index (χ0) is 13.5. The highest BCUT2D eigenvalue weighted by molar-refractivity contribution is 5.50. The number of hydrogen-bond acceptors (Lipinski definition) is 3. The zero-order valence-electron chi connectivity index (χ0n) is 12.0. The van der Waals surface area contributed by atoms with Gasteiger partial charge in [-0.2, -0.15) is 4.98 Å². The SMILES string of the molecule is Cc1nc([N+]2([C@H]3CCNC3)CCC[C@@H]2C)ccc1N. The number of aryl methyl sites for hydroxylation is 1. The van der Waals surface area contributed by atoms with E-state index in [1.54, 1.807) is 0 Å². The summed E-state index contributed by atoms with van der Waals surface area (Å²) in [5.74, 6) is 1.23. The molecule has 4 nitrogen and oxygen atoms in total. The van der Waals surface area contributed by atoms with Crippen LogP contribution in [0.4, 0.5) is 11.5 Å². The summed E-state index contributed by atoms with van der Waals surface area (Å²) in [5, 5.41) is 3.52. The number of nitrogens with one attached hydrogen (secondary N) is 1. The molecule has 0 radical (unpaired) electrons. The number of nitrogens with zero attached hydrogens (tertiary/aromatic N) is 2. The van der Waals surface area contributed by atoms with Crippen molar-refractivity contribution in [2.75, 3.05) is 25.4 Å². The van der Waals surface area contributed by atoms with E-state index in [9.17, 15) is 0 Å². The molecule has 104 valence electrons. The lowest BCUT2D eigenvalue weighted by Crippen LogP contribution is -2.60. The second-order valence-corrected chi connectivity index (χ2v) is 6.14. The van der Waals surface area contributed by atoms with Gasteiger partial charge in [0.05, 0.1) is 24.0 Å². The van der Waals surface area contributed by atoms with Crippen LogP contribution in [0.25, 0.3) is 0 Å². The van der Waals surface area contributed by atoms with Gasteiger partial charge in [0.15, 0.2) is 0 Å². The Kier molecular flexibility index (Phi) is 3.23. The van der Waals surface area contributed by atoms with Crippen LogP contribution in [0.3, 0.4) is 0 Å². The minimum atomic E-state index is 0.667. The number of likely N-dealkylation sites (tertiary alicyclic amines) is 1. The molecule has 0 aliphatic carbocycles. The van der Waals surface area contributed by atoms with Gasteiger partial charge < -0.3 is 11.1 Å². The smallest absolute Gasteiger partial charge is 0.228 e. The molecule has 4 heteroatoms. The van der Waals surface area contributed by atoms with E-state index in [1.165, 1.54) is 31.6 Å². The zero-order valence-corrected chi connectivity index (χ0v) is 12.0. The number of anilines is 1. The molecule has 2 fully saturated rings. The maximum absolute atomic E-state index is 5.94. The van der Waals surface area contributed by atoms with Crippen LogP contribution in [-0.2, 0) is 0 Å². The van der Waals surface area contributed by atoms with Gasteiger partial charge in [-0.3, -0.25) is 4.48 Å². The van der Waals surface area contributed by atoms with Gasteiger partial charge in [0.1, 0.15) is 6.04 Å². The van der Waals surface area contributed by atoms with Gasteiger partial charge in [0.2, 0.25) is 5.82 Å². The van der Waals surface area contributed by atoms with Crippen LogP contribution in [0.1, 0.15) is 31.9 Å². The summed E-state index contributed by atoms with van der Waals surface area (Å²) in [7, 11) is 0. The fourth-order valence-electron chi connectivity index (χ4n) is 3.99. The third-order valence-corrected chi connectivity index (χ3v) is 5.16. The van der Waals surface area contributed by atoms with Crippen molar-refractivity contribution >= 4 is 11.5 Å². The van der Waals surface area contributed by atoms with Crippen LogP contribution in [0.2, 0.25) is 0 Å². The first-order valence-electron chi connectivity index (χ1n) is 7.46. The van der Waals surface area contributed by atoms with E-state index < -0.39 is 0 Å². The van der Waals surface area contributed by atoms with E-state index in [-0.39, 0.29) is 0 Å². The number of pyridine rings is 1. The average Bonchev–Trinajstić information content (AvgIpc) is 3.02. The van der Waals surface area contributed by atoms with Gasteiger partial charge in [0, 0.05) is 38.4 Å². The Balaban J connectivity index is 2.05. The molecule has 3 atom stereocenters. The number of nitrogen functional groups attached to an aromatic ring is 1. The van der Waals surface area contributed by atoms with Crippen molar-refractivity contribution in [3.05, 3.63) is 17.8 Å². The topological polar surface area (TPSA) is 50.9 Å². The van der Waals surface area contributed by atoms with Crippen LogP contribution >= 0.6 is 0 Å². The fraction of sp³-hybridized carbons (Fsp3) is 0.667. The van der Waals surface area contributed by atoms with E-state index in [0.29, 0.717) is 12.1 Å². The monoisotopic (exact) mass is 261 g/mol. The molecular formula is C15H25N4+. The molecule has 0 saturated carbocycles. The molecule has 3 heterocycles. The fourth-order valence-corrected chi connectivity index (χ4v) is 3.99. The summed E-state index contributed by atoms with van der Waals surface area (Å²) >= 11 is 0. The average molecular weight is 261 g/mol. The van der Waals surface area contributed by atoms with E-state index in [4.69, 9.17) is 10.7 Å². The van der Waals surface area contributed by atoms with Crippen LogP contribution < -0.4 is 15.5 Å². The minimum absolute atomic E-state index is 0.667. The van der Waals surface area contributed by atoms with E-state index in [2.05, 4.69) is 18.3 Å². The Morgan fingerprint density at radius 2 is 2.21 bits per heavy atom. The lowest BCUT2D eigenvalue weighted by Gasteiger charge is -2.42. The van der Waals surface area contributed by atoms with Gasteiger partial charge in [-0.15, -0.1) is 0 Å². The molecule has 0 bridgehead atoms. The van der Waals surface area contributed by atoms with Crippen molar-refractivity contribution in [2.45, 2.75) is 45.2 Å². The second kappa shape index (κ2) is 4.76. The molecule has 0 aromatic carbocycles. The molecule has 19 heavy (non-hydrogen) atoms. The highest BCUT2D eigenvalue weighted by atomic mass is 15.5. The molecular weight excluding hydrogens is 236 g/mol. The van der Waals surface area contributed by atoms with Crippen LogP contribution in [0.5, 0.6) is 0 Å². The van der Waals surface area contributed by atoms with Crippen molar-refractivity contribution in [3.63, 3.8) is 0 Å². The standard InChI is InChI=1S/C15H25N4/c1-11-4-3-9-19(11,13-7-8-17-10-13)15-6-5-14(16)12(2)18-15/h5-6,11,13,17H,3-4,7-10,16H2,1-2H3/q+1/t11-,13-,19?/m0/s1. The van der Waals surface area contributed by atoms with Gasteiger partial charge in [-0.1, -0.05) is 0 Å². The van der Waals surface area contributed by atoms with Crippen molar-refractivity contribution < 1.29 is 0 Å². The minimum Gasteiger partial charge on any atom is -0.397 e. The maximum atomic E-state index is 5.94. The summed E-state index contributed by atoms with van der Waals surface area (Å²) in [6, 6.07) is 5.53. The lowest BCUT2D eigenvalue weighted by atomic mass is 10.1. The number of nitrogens with two attached hydrogens (primary N) is 1. The maximum Gasteiger partial charge on any atom is 0.228 e. The molecule has 1 aromatic rings. The van der Waals surface area contributed by atoms with Crippen molar-refractivity contribution in [2.24, 2.45) is 0 Å². The largest absolute Gasteiger partial charge is 0.397 e. The lowest BCUT2D eigenvalue weighted by molar-refractivity contribution is 0.197. The second-order valence-electron chi connectivity index (χ2n) is 6.14. The Morgan fingerprint density at radius 3 is 2.79 bits per heavy atom. The van der Waals surface area contributed by atoms with E-state index in [1.807, 2.05) is 13.0 Å². The van der Waals surface area contributed by atoms with Crippen LogP contribution in [0, 0.1) is 6.92 Å². The quantitative estimate of drug-likeness (QED) is 0.799. The highest BCUT2D eigenvalue weighted by Crippen LogP contribution is 2.38. The van der Waals surface area contributed by atoms with Crippen molar-refractivity contribution in [3.8, 4) is 0 Å². The molecule has 2 aliphatic heterocycles. The third kappa shape index (κ3) is 1.94. The molecule has 0 amide bonds. The van der Waals surface area contributed by atoms with E-state index >= 15 is 0 Å². The van der Waals surface area contributed by atoms with Crippen molar-refractivity contribution in [1.82, 2.24) is 14.8 Å². The Bertz CT molecular complexity index is 467. The molecule has 2 saturated heterocycles. The summed E-state index contributed by atoms with van der Waals surface area (Å²) in [6.07, 6.45) is 3.87. The molecule has 0 spiro atoms. The molecule has 3 N–H and O–H groups in total.